The smallest absolute Gasteiger partial charge is 0.157 e. The van der Waals surface area contributed by atoms with Crippen molar-refractivity contribution in [3.8, 4) is 11.9 Å². The lowest BCUT2D eigenvalue weighted by Crippen LogP contribution is -1.97. The van der Waals surface area contributed by atoms with Crippen molar-refractivity contribution >= 4 is 0 Å². The SMILES string of the molecule is N#Cc1ccc(-n2cnnn2)nc1. The van der Waals surface area contributed by atoms with Crippen LogP contribution in [0.1, 0.15) is 5.56 Å². The van der Waals surface area contributed by atoms with E-state index in [0.29, 0.717) is 11.4 Å². The van der Waals surface area contributed by atoms with Crippen LogP contribution in [0.4, 0.5) is 0 Å². The van der Waals surface area contributed by atoms with Gasteiger partial charge in [-0.15, -0.1) is 5.10 Å². The van der Waals surface area contributed by atoms with Crippen LogP contribution in [0.3, 0.4) is 0 Å². The number of nitrogens with zero attached hydrogens (tertiary/aromatic N) is 6. The van der Waals surface area contributed by atoms with E-state index in [1.807, 2.05) is 6.07 Å². The van der Waals surface area contributed by atoms with Gasteiger partial charge in [-0.05, 0) is 22.6 Å². The molecule has 2 aromatic rings. The van der Waals surface area contributed by atoms with Gasteiger partial charge < -0.3 is 0 Å². The molecule has 6 nitrogen and oxygen atoms in total. The molecule has 0 saturated carbocycles. The van der Waals surface area contributed by atoms with Crippen molar-refractivity contribution in [2.75, 3.05) is 0 Å². The second kappa shape index (κ2) is 2.98. The summed E-state index contributed by atoms with van der Waals surface area (Å²) in [6.45, 7) is 0. The molecule has 0 aliphatic heterocycles. The highest BCUT2D eigenvalue weighted by Crippen LogP contribution is 2.01. The van der Waals surface area contributed by atoms with Gasteiger partial charge in [-0.3, -0.25) is 0 Å². The van der Waals surface area contributed by atoms with E-state index in [4.69, 9.17) is 5.26 Å². The number of aromatic nitrogens is 5. The van der Waals surface area contributed by atoms with E-state index >= 15 is 0 Å². The van der Waals surface area contributed by atoms with Gasteiger partial charge in [0, 0.05) is 6.20 Å². The molecule has 2 heterocycles. The first-order valence-electron chi connectivity index (χ1n) is 3.49. The molecule has 0 aliphatic carbocycles. The van der Waals surface area contributed by atoms with E-state index in [0.717, 1.165) is 0 Å². The highest BCUT2D eigenvalue weighted by atomic mass is 15.5. The van der Waals surface area contributed by atoms with Crippen LogP contribution in [0.5, 0.6) is 0 Å². The normalized spacial score (nSPS) is 9.46. The number of hydrogen-bond acceptors (Lipinski definition) is 5. The summed E-state index contributed by atoms with van der Waals surface area (Å²) in [7, 11) is 0. The second-order valence-corrected chi connectivity index (χ2v) is 2.27. The van der Waals surface area contributed by atoms with Crippen molar-refractivity contribution in [1.82, 2.24) is 25.2 Å². The van der Waals surface area contributed by atoms with Crippen LogP contribution in [0.15, 0.2) is 24.7 Å². The fourth-order valence-electron chi connectivity index (χ4n) is 0.854. The molecule has 0 unspecified atom stereocenters. The van der Waals surface area contributed by atoms with Crippen LogP contribution in [-0.2, 0) is 0 Å². The first kappa shape index (κ1) is 7.36. The highest BCUT2D eigenvalue weighted by Gasteiger charge is 1.98. The molecule has 0 bridgehead atoms. The Hall–Kier alpha value is -2.29. The maximum Gasteiger partial charge on any atom is 0.157 e. The average molecular weight is 172 g/mol. The number of pyridine rings is 1. The minimum atomic E-state index is 0.511. The molecule has 0 radical (unpaired) electrons. The van der Waals surface area contributed by atoms with E-state index in [9.17, 15) is 0 Å². The Morgan fingerprint density at radius 3 is 2.85 bits per heavy atom. The summed E-state index contributed by atoms with van der Waals surface area (Å²) in [4.78, 5) is 3.99. The van der Waals surface area contributed by atoms with E-state index < -0.39 is 0 Å². The Balaban J connectivity index is 2.40. The second-order valence-electron chi connectivity index (χ2n) is 2.27. The number of nitriles is 1. The van der Waals surface area contributed by atoms with Gasteiger partial charge in [0.2, 0.25) is 0 Å². The van der Waals surface area contributed by atoms with Gasteiger partial charge >= 0.3 is 0 Å². The Kier molecular flexibility index (Phi) is 1.69. The zero-order valence-corrected chi connectivity index (χ0v) is 6.49. The molecular formula is C7H4N6. The zero-order valence-electron chi connectivity index (χ0n) is 6.49. The fourth-order valence-corrected chi connectivity index (χ4v) is 0.854. The minimum Gasteiger partial charge on any atom is -0.236 e. The van der Waals surface area contributed by atoms with Gasteiger partial charge in [0.25, 0.3) is 0 Å². The van der Waals surface area contributed by atoms with Gasteiger partial charge in [0.05, 0.1) is 5.56 Å². The molecule has 6 heteroatoms. The van der Waals surface area contributed by atoms with Crippen LogP contribution in [0.25, 0.3) is 5.82 Å². The van der Waals surface area contributed by atoms with E-state index in [-0.39, 0.29) is 0 Å². The minimum absolute atomic E-state index is 0.511. The quantitative estimate of drug-likeness (QED) is 0.601. The third-order valence-electron chi connectivity index (χ3n) is 1.46. The van der Waals surface area contributed by atoms with Gasteiger partial charge in [0.15, 0.2) is 5.82 Å². The lowest BCUT2D eigenvalue weighted by molar-refractivity contribution is 0.771. The highest BCUT2D eigenvalue weighted by molar-refractivity contribution is 5.30. The van der Waals surface area contributed by atoms with Gasteiger partial charge in [-0.2, -0.15) is 9.94 Å². The first-order valence-corrected chi connectivity index (χ1v) is 3.49. The van der Waals surface area contributed by atoms with Crippen molar-refractivity contribution in [2.45, 2.75) is 0 Å². The summed E-state index contributed by atoms with van der Waals surface area (Å²) in [5.74, 6) is 0.587. The fraction of sp³-hybridized carbons (Fsp3) is 0. The van der Waals surface area contributed by atoms with Gasteiger partial charge in [0.1, 0.15) is 12.4 Å². The molecule has 0 fully saturated rings. The largest absolute Gasteiger partial charge is 0.236 e. The molecule has 0 aliphatic rings. The van der Waals surface area contributed by atoms with Crippen LogP contribution < -0.4 is 0 Å². The summed E-state index contributed by atoms with van der Waals surface area (Å²) >= 11 is 0. The summed E-state index contributed by atoms with van der Waals surface area (Å²) in [5, 5.41) is 19.1. The molecule has 0 N–H and O–H groups in total. The molecular weight excluding hydrogens is 168 g/mol. The van der Waals surface area contributed by atoms with Gasteiger partial charge in [-0.1, -0.05) is 0 Å². The monoisotopic (exact) mass is 172 g/mol. The summed E-state index contributed by atoms with van der Waals surface area (Å²) < 4.78 is 1.42. The van der Waals surface area contributed by atoms with Crippen molar-refractivity contribution in [1.29, 1.82) is 5.26 Å². The molecule has 0 spiro atoms. The average Bonchev–Trinajstić information content (AvgIpc) is 2.71. The Morgan fingerprint density at radius 2 is 2.31 bits per heavy atom. The van der Waals surface area contributed by atoms with Crippen LogP contribution >= 0.6 is 0 Å². The maximum absolute atomic E-state index is 8.52. The topological polar surface area (TPSA) is 80.3 Å². The molecule has 0 aromatic carbocycles. The third kappa shape index (κ3) is 1.35. The van der Waals surface area contributed by atoms with Crippen molar-refractivity contribution in [3.05, 3.63) is 30.2 Å². The zero-order chi connectivity index (χ0) is 9.10. The van der Waals surface area contributed by atoms with Crippen molar-refractivity contribution in [2.24, 2.45) is 0 Å². The predicted molar refractivity (Wildman–Crippen MR) is 41.7 cm³/mol. The molecule has 0 amide bonds. The van der Waals surface area contributed by atoms with Crippen LogP contribution in [0.2, 0.25) is 0 Å². The molecule has 0 atom stereocenters. The standard InChI is InChI=1S/C7H4N6/c8-3-6-1-2-7(9-4-6)13-5-10-11-12-13/h1-2,4-5H. The Bertz CT molecular complexity index is 423. The molecule has 62 valence electrons. The molecule has 0 saturated heterocycles. The first-order chi connectivity index (χ1) is 6.40. The van der Waals surface area contributed by atoms with Gasteiger partial charge in [-0.25, -0.2) is 4.98 Å². The summed E-state index contributed by atoms with van der Waals surface area (Å²) in [6, 6.07) is 5.31. The van der Waals surface area contributed by atoms with E-state index in [1.165, 1.54) is 17.2 Å². The summed E-state index contributed by atoms with van der Waals surface area (Å²) in [6.07, 6.45) is 2.91. The van der Waals surface area contributed by atoms with E-state index in [1.54, 1.807) is 12.1 Å². The molecule has 13 heavy (non-hydrogen) atoms. The lowest BCUT2D eigenvalue weighted by Gasteiger charge is -1.95. The Labute approximate surface area is 73.4 Å². The van der Waals surface area contributed by atoms with Crippen LogP contribution in [-0.4, -0.2) is 25.2 Å². The number of rotatable bonds is 1. The summed E-state index contributed by atoms with van der Waals surface area (Å²) in [5.41, 5.74) is 0.511. The number of hydrogen-bond donors (Lipinski definition) is 0. The third-order valence-corrected chi connectivity index (χ3v) is 1.46. The van der Waals surface area contributed by atoms with Crippen molar-refractivity contribution in [3.63, 3.8) is 0 Å². The maximum atomic E-state index is 8.52. The van der Waals surface area contributed by atoms with Crippen LogP contribution in [0, 0.1) is 11.3 Å². The number of tetrazole rings is 1. The van der Waals surface area contributed by atoms with E-state index in [2.05, 4.69) is 20.5 Å². The Morgan fingerprint density at radius 1 is 1.38 bits per heavy atom. The molecule has 2 rings (SSSR count). The molecule has 2 aromatic heterocycles. The predicted octanol–water partition coefficient (Wildman–Crippen LogP) is -0.0710. The van der Waals surface area contributed by atoms with Crippen molar-refractivity contribution < 1.29 is 0 Å². The lowest BCUT2D eigenvalue weighted by atomic mass is 10.3.